The second kappa shape index (κ2) is 11.5. The Morgan fingerprint density at radius 3 is 2.32 bits per heavy atom. The molecule has 1 aromatic heterocycles. The summed E-state index contributed by atoms with van der Waals surface area (Å²) < 4.78 is 46.8. The maximum absolute atomic E-state index is 13.8. The summed E-state index contributed by atoms with van der Waals surface area (Å²) in [7, 11) is 0. The topological polar surface area (TPSA) is 83.5 Å². The van der Waals surface area contributed by atoms with Crippen molar-refractivity contribution in [2.75, 3.05) is 0 Å². The van der Waals surface area contributed by atoms with Gasteiger partial charge in [0.05, 0.1) is 22.9 Å². The van der Waals surface area contributed by atoms with E-state index in [1.54, 1.807) is 60.7 Å². The highest BCUT2D eigenvalue weighted by molar-refractivity contribution is 6.34. The van der Waals surface area contributed by atoms with Crippen LogP contribution in [0.1, 0.15) is 32.0 Å². The Morgan fingerprint density at radius 2 is 1.59 bits per heavy atom. The molecule has 41 heavy (non-hydrogen) atoms. The Bertz CT molecular complexity index is 1800. The fraction of sp³-hybridized carbons (Fsp3) is 0.0333. The highest BCUT2D eigenvalue weighted by Gasteiger charge is 2.35. The number of aromatic nitrogens is 1. The van der Waals surface area contributed by atoms with E-state index in [9.17, 15) is 22.8 Å². The van der Waals surface area contributed by atoms with Crippen LogP contribution >= 0.6 is 23.2 Å². The van der Waals surface area contributed by atoms with Crippen LogP contribution in [0.3, 0.4) is 0 Å². The van der Waals surface area contributed by atoms with Crippen molar-refractivity contribution >= 4 is 52.2 Å². The van der Waals surface area contributed by atoms with E-state index in [1.807, 2.05) is 0 Å². The molecule has 11 heteroatoms. The van der Waals surface area contributed by atoms with Crippen molar-refractivity contribution < 1.29 is 27.5 Å². The van der Waals surface area contributed by atoms with E-state index in [0.29, 0.717) is 16.1 Å². The van der Waals surface area contributed by atoms with Crippen LogP contribution in [0.25, 0.3) is 22.0 Å². The van der Waals surface area contributed by atoms with Crippen molar-refractivity contribution in [3.63, 3.8) is 0 Å². The van der Waals surface area contributed by atoms with Gasteiger partial charge in [0.25, 0.3) is 5.91 Å². The molecule has 0 atom stereocenters. The van der Waals surface area contributed by atoms with Gasteiger partial charge in [-0.25, -0.2) is 10.2 Å². The SMILES string of the molecule is O=C(Oc1ccccc1C=NNC(=O)c1[nH]c2c(C(F)(F)F)cccc2c1-c1ccccc1Cl)c1ccc(Cl)cc1. The summed E-state index contributed by atoms with van der Waals surface area (Å²) in [5, 5.41) is 4.84. The van der Waals surface area contributed by atoms with Gasteiger partial charge in [0.15, 0.2) is 0 Å². The Morgan fingerprint density at radius 1 is 0.878 bits per heavy atom. The predicted molar refractivity (Wildman–Crippen MR) is 152 cm³/mol. The van der Waals surface area contributed by atoms with E-state index in [-0.39, 0.29) is 38.5 Å². The highest BCUT2D eigenvalue weighted by Crippen LogP contribution is 2.41. The molecular weight excluding hydrogens is 578 g/mol. The fourth-order valence-corrected chi connectivity index (χ4v) is 4.57. The van der Waals surface area contributed by atoms with Crippen molar-refractivity contribution in [2.24, 2.45) is 5.10 Å². The van der Waals surface area contributed by atoms with Gasteiger partial charge in [0.1, 0.15) is 11.4 Å². The minimum atomic E-state index is -4.67. The summed E-state index contributed by atoms with van der Waals surface area (Å²) in [5.41, 5.74) is 2.18. The van der Waals surface area contributed by atoms with Crippen LogP contribution in [0.15, 0.2) is 96.1 Å². The van der Waals surface area contributed by atoms with Gasteiger partial charge in [-0.1, -0.05) is 65.7 Å². The summed E-state index contributed by atoms with van der Waals surface area (Å²) in [4.78, 5) is 28.5. The minimum absolute atomic E-state index is 0.163. The van der Waals surface area contributed by atoms with Gasteiger partial charge in [-0.05, 0) is 48.5 Å². The molecule has 4 aromatic carbocycles. The number of ether oxygens (including phenoxy) is 1. The first-order valence-corrected chi connectivity index (χ1v) is 12.8. The molecule has 6 nitrogen and oxygen atoms in total. The van der Waals surface area contributed by atoms with E-state index >= 15 is 0 Å². The van der Waals surface area contributed by atoms with Crippen LogP contribution in [0.4, 0.5) is 13.2 Å². The molecule has 5 rings (SSSR count). The number of aromatic amines is 1. The average Bonchev–Trinajstić information content (AvgIpc) is 3.33. The normalized spacial score (nSPS) is 11.6. The molecule has 0 fully saturated rings. The van der Waals surface area contributed by atoms with Crippen LogP contribution in [0.5, 0.6) is 5.75 Å². The summed E-state index contributed by atoms with van der Waals surface area (Å²) >= 11 is 12.2. The summed E-state index contributed by atoms with van der Waals surface area (Å²) in [6, 6.07) is 22.8. The number of hydrogen-bond acceptors (Lipinski definition) is 4. The van der Waals surface area contributed by atoms with E-state index in [0.717, 1.165) is 6.07 Å². The number of carbonyl (C=O) groups is 2. The number of carbonyl (C=O) groups excluding carboxylic acids is 2. The maximum atomic E-state index is 13.8. The van der Waals surface area contributed by atoms with Crippen LogP contribution in [-0.2, 0) is 6.18 Å². The number of nitrogens with one attached hydrogen (secondary N) is 2. The van der Waals surface area contributed by atoms with Crippen LogP contribution in [0, 0.1) is 0 Å². The van der Waals surface area contributed by atoms with Crippen molar-refractivity contribution in [3.05, 3.63) is 123 Å². The van der Waals surface area contributed by atoms with Gasteiger partial charge in [-0.3, -0.25) is 4.79 Å². The number of rotatable bonds is 6. The lowest BCUT2D eigenvalue weighted by atomic mass is 10.00. The first kappa shape index (κ1) is 27.9. The van der Waals surface area contributed by atoms with Crippen LogP contribution < -0.4 is 10.2 Å². The molecule has 0 saturated carbocycles. The number of halogens is 5. The molecule has 0 bridgehead atoms. The van der Waals surface area contributed by atoms with E-state index in [1.165, 1.54) is 30.5 Å². The number of benzene rings is 4. The van der Waals surface area contributed by atoms with E-state index in [2.05, 4.69) is 15.5 Å². The monoisotopic (exact) mass is 595 g/mol. The molecule has 206 valence electrons. The standard InChI is InChI=1S/C30H18Cl2F3N3O3/c31-19-14-12-17(13-15-19)29(40)41-24-11-4-1-6-18(24)16-36-38-28(39)27-25(20-7-2-3-10-23(20)32)21-8-5-9-22(26(21)37-27)30(33,34)35/h1-16,37H,(H,38,39). The minimum Gasteiger partial charge on any atom is -0.422 e. The molecule has 0 spiro atoms. The van der Waals surface area contributed by atoms with Crippen molar-refractivity contribution in [1.82, 2.24) is 10.4 Å². The molecule has 2 N–H and O–H groups in total. The third-order valence-electron chi connectivity index (χ3n) is 6.08. The van der Waals surface area contributed by atoms with Crippen molar-refractivity contribution in [1.29, 1.82) is 0 Å². The van der Waals surface area contributed by atoms with Gasteiger partial charge in [0, 0.05) is 32.1 Å². The Labute approximate surface area is 241 Å². The highest BCUT2D eigenvalue weighted by atomic mass is 35.5. The van der Waals surface area contributed by atoms with Gasteiger partial charge in [-0.2, -0.15) is 18.3 Å². The zero-order chi connectivity index (χ0) is 29.1. The lowest BCUT2D eigenvalue weighted by Gasteiger charge is -2.08. The second-order valence-corrected chi connectivity index (χ2v) is 9.56. The van der Waals surface area contributed by atoms with Gasteiger partial charge in [-0.15, -0.1) is 0 Å². The van der Waals surface area contributed by atoms with Crippen LogP contribution in [-0.4, -0.2) is 23.1 Å². The molecule has 1 amide bonds. The molecule has 0 saturated heterocycles. The molecule has 5 aromatic rings. The summed E-state index contributed by atoms with van der Waals surface area (Å²) in [6.07, 6.45) is -3.41. The summed E-state index contributed by atoms with van der Waals surface area (Å²) in [6.45, 7) is 0. The van der Waals surface area contributed by atoms with Crippen molar-refractivity contribution in [3.8, 4) is 16.9 Å². The first-order valence-electron chi connectivity index (χ1n) is 12.0. The average molecular weight is 596 g/mol. The largest absolute Gasteiger partial charge is 0.422 e. The van der Waals surface area contributed by atoms with Crippen molar-refractivity contribution in [2.45, 2.75) is 6.18 Å². The molecule has 0 aliphatic heterocycles. The molecular formula is C30H18Cl2F3N3O3. The van der Waals surface area contributed by atoms with Crippen LogP contribution in [0.2, 0.25) is 10.0 Å². The molecule has 1 heterocycles. The fourth-order valence-electron chi connectivity index (χ4n) is 4.21. The van der Waals surface area contributed by atoms with Gasteiger partial charge < -0.3 is 9.72 Å². The molecule has 0 aliphatic carbocycles. The summed E-state index contributed by atoms with van der Waals surface area (Å²) in [5.74, 6) is -1.27. The number of hydrogen-bond donors (Lipinski definition) is 2. The zero-order valence-corrected chi connectivity index (χ0v) is 22.3. The zero-order valence-electron chi connectivity index (χ0n) is 20.8. The Hall–Kier alpha value is -4.60. The van der Waals surface area contributed by atoms with E-state index < -0.39 is 23.6 Å². The smallest absolute Gasteiger partial charge is 0.418 e. The predicted octanol–water partition coefficient (Wildman–Crippen LogP) is 8.14. The van der Waals surface area contributed by atoms with Gasteiger partial charge in [0.2, 0.25) is 0 Å². The third kappa shape index (κ3) is 5.96. The maximum Gasteiger partial charge on any atom is 0.418 e. The Balaban J connectivity index is 1.46. The number of H-pyrrole nitrogens is 1. The molecule has 0 aliphatic rings. The number of esters is 1. The number of para-hydroxylation sites is 2. The van der Waals surface area contributed by atoms with E-state index in [4.69, 9.17) is 27.9 Å². The molecule has 0 unspecified atom stereocenters. The lowest BCUT2D eigenvalue weighted by molar-refractivity contribution is -0.136. The number of amides is 1. The number of alkyl halides is 3. The number of fused-ring (bicyclic) bond motifs is 1. The quantitative estimate of drug-likeness (QED) is 0.0899. The third-order valence-corrected chi connectivity index (χ3v) is 6.66. The second-order valence-electron chi connectivity index (χ2n) is 8.71. The van der Waals surface area contributed by atoms with Gasteiger partial charge >= 0.3 is 12.1 Å². The lowest BCUT2D eigenvalue weighted by Crippen LogP contribution is -2.19. The first-order chi connectivity index (χ1) is 19.6. The number of nitrogens with zero attached hydrogens (tertiary/aromatic N) is 1. The molecule has 0 radical (unpaired) electrons. The number of hydrazone groups is 1. The Kier molecular flexibility index (Phi) is 7.83.